The van der Waals surface area contributed by atoms with Crippen LogP contribution in [0.25, 0.3) is 0 Å². The highest BCUT2D eigenvalue weighted by Crippen LogP contribution is 2.41. The third-order valence-corrected chi connectivity index (χ3v) is 5.22. The van der Waals surface area contributed by atoms with Gasteiger partial charge in [-0.2, -0.15) is 0 Å². The lowest BCUT2D eigenvalue weighted by Gasteiger charge is -2.30. The van der Waals surface area contributed by atoms with Gasteiger partial charge < -0.3 is 10.6 Å². The van der Waals surface area contributed by atoms with Crippen molar-refractivity contribution < 1.29 is 9.18 Å². The van der Waals surface area contributed by atoms with Gasteiger partial charge in [-0.25, -0.2) is 4.39 Å². The Morgan fingerprint density at radius 3 is 2.74 bits per heavy atom. The molecule has 1 aliphatic heterocycles. The first kappa shape index (κ1) is 18.2. The van der Waals surface area contributed by atoms with E-state index in [2.05, 4.69) is 10.6 Å². The molecule has 1 unspecified atom stereocenters. The molecule has 3 nitrogen and oxygen atoms in total. The van der Waals surface area contributed by atoms with Gasteiger partial charge in [0.25, 0.3) is 0 Å². The fourth-order valence-corrected chi connectivity index (χ4v) is 3.92. The quantitative estimate of drug-likeness (QED) is 0.884. The van der Waals surface area contributed by atoms with Crippen LogP contribution in [0.3, 0.4) is 0 Å². The van der Waals surface area contributed by atoms with Crippen molar-refractivity contribution in [2.75, 3.05) is 19.6 Å². The normalized spacial score (nSPS) is 23.1. The van der Waals surface area contributed by atoms with E-state index in [4.69, 9.17) is 0 Å². The van der Waals surface area contributed by atoms with Gasteiger partial charge in [-0.05, 0) is 62.4 Å². The highest BCUT2D eigenvalue weighted by atomic mass is 35.5. The summed E-state index contributed by atoms with van der Waals surface area (Å²) in [6.07, 6.45) is 6.07. The summed E-state index contributed by atoms with van der Waals surface area (Å²) in [7, 11) is 0. The smallest absolute Gasteiger partial charge is 0.230 e. The van der Waals surface area contributed by atoms with E-state index < -0.39 is 5.41 Å². The number of amides is 1. The molecule has 1 saturated carbocycles. The Bertz CT molecular complexity index is 526. The van der Waals surface area contributed by atoms with Crippen molar-refractivity contribution in [3.05, 3.63) is 35.6 Å². The van der Waals surface area contributed by atoms with Gasteiger partial charge in [-0.3, -0.25) is 4.79 Å². The Morgan fingerprint density at radius 2 is 2.09 bits per heavy atom. The number of piperidine rings is 1. The number of rotatable bonds is 4. The lowest BCUT2D eigenvalue weighted by atomic mass is 9.78. The van der Waals surface area contributed by atoms with E-state index in [1.807, 2.05) is 6.07 Å². The Kier molecular flexibility index (Phi) is 6.42. The maximum atomic E-state index is 13.6. The first-order valence-corrected chi connectivity index (χ1v) is 8.46. The SMILES string of the molecule is Cl.O=C(NCC1CCCNC1)C1(c2cccc(F)c2)CCCC1. The molecule has 2 aliphatic rings. The zero-order valence-corrected chi connectivity index (χ0v) is 14.3. The predicted molar refractivity (Wildman–Crippen MR) is 92.4 cm³/mol. The highest BCUT2D eigenvalue weighted by molar-refractivity contribution is 5.88. The van der Waals surface area contributed by atoms with Crippen LogP contribution in [0, 0.1) is 11.7 Å². The molecule has 1 aliphatic carbocycles. The minimum Gasteiger partial charge on any atom is -0.355 e. The predicted octanol–water partition coefficient (Wildman–Crippen LogP) is 3.18. The van der Waals surface area contributed by atoms with E-state index >= 15 is 0 Å². The second-order valence-corrected chi connectivity index (χ2v) is 6.72. The standard InChI is InChI=1S/C18H25FN2O.ClH/c19-16-7-3-6-15(11-16)18(8-1-2-9-18)17(22)21-13-14-5-4-10-20-12-14;/h3,6-7,11,14,20H,1-2,4-5,8-10,12-13H2,(H,21,22);1H. The first-order chi connectivity index (χ1) is 10.7. The van der Waals surface area contributed by atoms with Gasteiger partial charge >= 0.3 is 0 Å². The summed E-state index contributed by atoms with van der Waals surface area (Å²) in [5.74, 6) is 0.345. The van der Waals surface area contributed by atoms with Crippen LogP contribution in [-0.4, -0.2) is 25.5 Å². The van der Waals surface area contributed by atoms with Gasteiger partial charge in [0.2, 0.25) is 5.91 Å². The summed E-state index contributed by atoms with van der Waals surface area (Å²) in [6.45, 7) is 2.79. The summed E-state index contributed by atoms with van der Waals surface area (Å²) in [5.41, 5.74) is 0.314. The molecule has 0 bridgehead atoms. The summed E-state index contributed by atoms with van der Waals surface area (Å²) in [4.78, 5) is 12.9. The van der Waals surface area contributed by atoms with Gasteiger partial charge in [-0.1, -0.05) is 25.0 Å². The van der Waals surface area contributed by atoms with Crippen LogP contribution in [0.15, 0.2) is 24.3 Å². The van der Waals surface area contributed by atoms with Gasteiger partial charge in [0.05, 0.1) is 5.41 Å². The van der Waals surface area contributed by atoms with Crippen molar-refractivity contribution in [3.8, 4) is 0 Å². The van der Waals surface area contributed by atoms with Crippen LogP contribution in [-0.2, 0) is 10.2 Å². The summed E-state index contributed by atoms with van der Waals surface area (Å²) >= 11 is 0. The third-order valence-electron chi connectivity index (χ3n) is 5.22. The monoisotopic (exact) mass is 340 g/mol. The van der Waals surface area contributed by atoms with E-state index in [0.29, 0.717) is 5.92 Å². The number of benzene rings is 1. The zero-order valence-electron chi connectivity index (χ0n) is 13.4. The molecular formula is C18H26ClFN2O. The molecule has 0 radical (unpaired) electrons. The summed E-state index contributed by atoms with van der Waals surface area (Å²) in [6, 6.07) is 6.59. The van der Waals surface area contributed by atoms with E-state index in [9.17, 15) is 9.18 Å². The fourth-order valence-electron chi connectivity index (χ4n) is 3.92. The average Bonchev–Trinajstić information content (AvgIpc) is 3.05. The first-order valence-electron chi connectivity index (χ1n) is 8.46. The molecule has 1 aromatic carbocycles. The molecule has 23 heavy (non-hydrogen) atoms. The summed E-state index contributed by atoms with van der Waals surface area (Å²) in [5, 5.41) is 6.53. The van der Waals surface area contributed by atoms with Crippen LogP contribution in [0.4, 0.5) is 4.39 Å². The Hall–Kier alpha value is -1.13. The minimum absolute atomic E-state index is 0. The molecule has 0 spiro atoms. The molecule has 0 aromatic heterocycles. The molecular weight excluding hydrogens is 315 g/mol. The second-order valence-electron chi connectivity index (χ2n) is 6.72. The van der Waals surface area contributed by atoms with Crippen molar-refractivity contribution in [1.29, 1.82) is 0 Å². The molecule has 1 atom stereocenters. The molecule has 1 saturated heterocycles. The van der Waals surface area contributed by atoms with Crippen LogP contribution in [0.2, 0.25) is 0 Å². The van der Waals surface area contributed by atoms with Gasteiger partial charge in [0.1, 0.15) is 5.82 Å². The van der Waals surface area contributed by atoms with Crippen LogP contribution in [0.5, 0.6) is 0 Å². The molecule has 128 valence electrons. The topological polar surface area (TPSA) is 41.1 Å². The van der Waals surface area contributed by atoms with Crippen LogP contribution < -0.4 is 10.6 Å². The Balaban J connectivity index is 0.00000192. The Morgan fingerprint density at radius 1 is 1.30 bits per heavy atom. The highest BCUT2D eigenvalue weighted by Gasteiger charge is 2.42. The lowest BCUT2D eigenvalue weighted by Crippen LogP contribution is -2.46. The molecule has 1 amide bonds. The average molecular weight is 341 g/mol. The van der Waals surface area contributed by atoms with Gasteiger partial charge in [0.15, 0.2) is 0 Å². The van der Waals surface area contributed by atoms with Crippen LogP contribution >= 0.6 is 12.4 Å². The third kappa shape index (κ3) is 4.04. The molecule has 2 fully saturated rings. The molecule has 1 aromatic rings. The number of carbonyl (C=O) groups excluding carboxylic acids is 1. The van der Waals surface area contributed by atoms with E-state index in [-0.39, 0.29) is 24.1 Å². The lowest BCUT2D eigenvalue weighted by molar-refractivity contribution is -0.126. The molecule has 5 heteroatoms. The van der Waals surface area contributed by atoms with E-state index in [0.717, 1.165) is 50.9 Å². The van der Waals surface area contributed by atoms with Crippen molar-refractivity contribution in [2.45, 2.75) is 43.9 Å². The van der Waals surface area contributed by atoms with Gasteiger partial charge in [0, 0.05) is 6.54 Å². The van der Waals surface area contributed by atoms with Crippen molar-refractivity contribution in [2.24, 2.45) is 5.92 Å². The van der Waals surface area contributed by atoms with Crippen molar-refractivity contribution in [3.63, 3.8) is 0 Å². The van der Waals surface area contributed by atoms with Gasteiger partial charge in [-0.15, -0.1) is 12.4 Å². The number of hydrogen-bond donors (Lipinski definition) is 2. The Labute approximate surface area is 143 Å². The maximum absolute atomic E-state index is 13.6. The van der Waals surface area contributed by atoms with E-state index in [1.54, 1.807) is 6.07 Å². The largest absolute Gasteiger partial charge is 0.355 e. The van der Waals surface area contributed by atoms with Crippen molar-refractivity contribution in [1.82, 2.24) is 10.6 Å². The maximum Gasteiger partial charge on any atom is 0.230 e. The minimum atomic E-state index is -0.524. The molecule has 1 heterocycles. The second kappa shape index (κ2) is 8.11. The number of nitrogens with one attached hydrogen (secondary N) is 2. The molecule has 3 rings (SSSR count). The number of carbonyl (C=O) groups is 1. The van der Waals surface area contributed by atoms with Crippen LogP contribution in [0.1, 0.15) is 44.1 Å². The number of hydrogen-bond acceptors (Lipinski definition) is 2. The molecule has 2 N–H and O–H groups in total. The van der Waals surface area contributed by atoms with Crippen molar-refractivity contribution >= 4 is 18.3 Å². The fraction of sp³-hybridized carbons (Fsp3) is 0.611. The van der Waals surface area contributed by atoms with E-state index in [1.165, 1.54) is 25.0 Å². The summed E-state index contributed by atoms with van der Waals surface area (Å²) < 4.78 is 13.6. The number of halogens is 2. The zero-order chi connectivity index (χ0) is 15.4.